The van der Waals surface area contributed by atoms with E-state index in [0.717, 1.165) is 11.1 Å². The van der Waals surface area contributed by atoms with E-state index in [9.17, 15) is 14.7 Å². The van der Waals surface area contributed by atoms with Gasteiger partial charge in [-0.2, -0.15) is 0 Å². The smallest absolute Gasteiger partial charge is 0.408 e. The first kappa shape index (κ1) is 27.5. The molecule has 0 aliphatic carbocycles. The van der Waals surface area contributed by atoms with Crippen molar-refractivity contribution < 1.29 is 33.6 Å². The number of carboxylic acid groups (broad SMARTS) is 1. The first-order valence-electron chi connectivity index (χ1n) is 10.7. The minimum atomic E-state index is -0.944. The highest BCUT2D eigenvalue weighted by Crippen LogP contribution is 2.29. The molecular weight excluding hydrogens is 414 g/mol. The van der Waals surface area contributed by atoms with Crippen LogP contribution in [0.4, 0.5) is 4.79 Å². The number of alkyl carbamates (subject to hydrolysis) is 1. The van der Waals surface area contributed by atoms with E-state index >= 15 is 0 Å². The molecule has 0 aliphatic heterocycles. The van der Waals surface area contributed by atoms with Crippen molar-refractivity contribution in [2.24, 2.45) is 0 Å². The fraction of sp³-hybridized carbons (Fsp3) is 0.583. The maximum Gasteiger partial charge on any atom is 0.408 e. The molecule has 0 bridgehead atoms. The molecular formula is C24H37NO7. The SMILES string of the molecule is C=CCOCC(COCCCOc1c(C)cc(C(=O)O)c(C)c1C)NC(=O)OC(C)(C)C. The van der Waals surface area contributed by atoms with E-state index in [1.807, 2.05) is 13.8 Å². The molecule has 8 heteroatoms. The van der Waals surface area contributed by atoms with Crippen molar-refractivity contribution >= 4 is 12.1 Å². The number of carbonyl (C=O) groups is 2. The molecule has 0 spiro atoms. The zero-order chi connectivity index (χ0) is 24.3. The van der Waals surface area contributed by atoms with E-state index in [0.29, 0.717) is 37.6 Å². The van der Waals surface area contributed by atoms with Crippen molar-refractivity contribution in [2.75, 3.05) is 33.0 Å². The lowest BCUT2D eigenvalue weighted by Crippen LogP contribution is -2.44. The van der Waals surface area contributed by atoms with Crippen molar-refractivity contribution in [3.05, 3.63) is 41.0 Å². The van der Waals surface area contributed by atoms with Gasteiger partial charge >= 0.3 is 12.1 Å². The maximum atomic E-state index is 12.0. The summed E-state index contributed by atoms with van der Waals surface area (Å²) in [4.78, 5) is 23.4. The lowest BCUT2D eigenvalue weighted by Gasteiger charge is -2.23. The molecule has 1 atom stereocenters. The van der Waals surface area contributed by atoms with Gasteiger partial charge in [-0.1, -0.05) is 6.08 Å². The van der Waals surface area contributed by atoms with E-state index in [2.05, 4.69) is 11.9 Å². The van der Waals surface area contributed by atoms with Crippen molar-refractivity contribution in [3.63, 3.8) is 0 Å². The van der Waals surface area contributed by atoms with Crippen molar-refractivity contribution in [2.45, 2.75) is 59.6 Å². The molecule has 32 heavy (non-hydrogen) atoms. The summed E-state index contributed by atoms with van der Waals surface area (Å²) < 4.78 is 22.3. The first-order chi connectivity index (χ1) is 15.0. The van der Waals surface area contributed by atoms with Gasteiger partial charge in [0.15, 0.2) is 0 Å². The van der Waals surface area contributed by atoms with E-state index < -0.39 is 17.7 Å². The van der Waals surface area contributed by atoms with E-state index in [-0.39, 0.29) is 24.8 Å². The summed E-state index contributed by atoms with van der Waals surface area (Å²) in [6, 6.07) is 1.27. The molecule has 0 fully saturated rings. The van der Waals surface area contributed by atoms with Crippen LogP contribution in [0.3, 0.4) is 0 Å². The van der Waals surface area contributed by atoms with Gasteiger partial charge in [-0.25, -0.2) is 9.59 Å². The number of benzene rings is 1. The monoisotopic (exact) mass is 451 g/mol. The third-order valence-corrected chi connectivity index (χ3v) is 4.53. The topological polar surface area (TPSA) is 103 Å². The minimum absolute atomic E-state index is 0.265. The molecule has 2 N–H and O–H groups in total. The Morgan fingerprint density at radius 2 is 1.78 bits per heavy atom. The molecule has 8 nitrogen and oxygen atoms in total. The largest absolute Gasteiger partial charge is 0.493 e. The van der Waals surface area contributed by atoms with Crippen LogP contribution in [0.5, 0.6) is 5.75 Å². The Morgan fingerprint density at radius 3 is 2.38 bits per heavy atom. The molecule has 1 aromatic carbocycles. The standard InChI is InChI=1S/C24H37NO7/c1-8-10-29-14-19(25-23(28)32-24(5,6)7)15-30-11-9-12-31-21-16(2)13-20(22(26)27)17(3)18(21)4/h8,13,19H,1,9-12,14-15H2,2-7H3,(H,25,28)(H,26,27). The molecule has 1 amide bonds. The van der Waals surface area contributed by atoms with Crippen LogP contribution < -0.4 is 10.1 Å². The Balaban J connectivity index is 2.50. The normalized spacial score (nSPS) is 12.2. The predicted octanol–water partition coefficient (Wildman–Crippen LogP) is 4.19. The van der Waals surface area contributed by atoms with Gasteiger partial charge in [-0.15, -0.1) is 6.58 Å². The van der Waals surface area contributed by atoms with Gasteiger partial charge in [0.1, 0.15) is 11.4 Å². The lowest BCUT2D eigenvalue weighted by atomic mass is 9.99. The lowest BCUT2D eigenvalue weighted by molar-refractivity contribution is 0.0306. The minimum Gasteiger partial charge on any atom is -0.493 e. The molecule has 0 saturated carbocycles. The van der Waals surface area contributed by atoms with E-state index in [4.69, 9.17) is 18.9 Å². The molecule has 1 unspecified atom stereocenters. The summed E-state index contributed by atoms with van der Waals surface area (Å²) >= 11 is 0. The molecule has 0 heterocycles. The number of hydrogen-bond acceptors (Lipinski definition) is 6. The Kier molecular flexibility index (Phi) is 11.2. The molecule has 0 saturated heterocycles. The summed E-state index contributed by atoms with van der Waals surface area (Å²) in [6.07, 6.45) is 1.74. The second kappa shape index (κ2) is 13.1. The summed E-state index contributed by atoms with van der Waals surface area (Å²) in [5.74, 6) is -0.241. The van der Waals surface area contributed by atoms with Gasteiger partial charge in [-0.05, 0) is 64.3 Å². The van der Waals surface area contributed by atoms with Gasteiger partial charge in [0.05, 0.1) is 38.0 Å². The Labute approximate surface area is 190 Å². The fourth-order valence-corrected chi connectivity index (χ4v) is 2.96. The van der Waals surface area contributed by atoms with Crippen LogP contribution in [0.1, 0.15) is 54.2 Å². The van der Waals surface area contributed by atoms with Crippen LogP contribution in [0.2, 0.25) is 0 Å². The van der Waals surface area contributed by atoms with Gasteiger partial charge in [0.2, 0.25) is 0 Å². The summed E-state index contributed by atoms with van der Waals surface area (Å²) in [5.41, 5.74) is 2.01. The number of carboxylic acids is 1. The third kappa shape index (κ3) is 9.70. The van der Waals surface area contributed by atoms with Gasteiger partial charge in [0, 0.05) is 13.0 Å². The molecule has 0 radical (unpaired) electrons. The summed E-state index contributed by atoms with van der Waals surface area (Å²) in [7, 11) is 0. The first-order valence-corrected chi connectivity index (χ1v) is 10.7. The summed E-state index contributed by atoms with van der Waals surface area (Å²) in [5, 5.41) is 12.1. The average Bonchev–Trinajstić information content (AvgIpc) is 2.67. The maximum absolute atomic E-state index is 12.0. The van der Waals surface area contributed by atoms with Gasteiger partial charge < -0.3 is 29.4 Å². The average molecular weight is 452 g/mol. The molecule has 1 rings (SSSR count). The third-order valence-electron chi connectivity index (χ3n) is 4.53. The van der Waals surface area contributed by atoms with Gasteiger partial charge in [0.25, 0.3) is 0 Å². The highest BCUT2D eigenvalue weighted by molar-refractivity contribution is 5.90. The highest BCUT2D eigenvalue weighted by atomic mass is 16.6. The Hall–Kier alpha value is -2.58. The second-order valence-corrected chi connectivity index (χ2v) is 8.57. The number of rotatable bonds is 13. The molecule has 180 valence electrons. The van der Waals surface area contributed by atoms with Crippen LogP contribution in [0.25, 0.3) is 0 Å². The number of aromatic carboxylic acids is 1. The number of carbonyl (C=O) groups excluding carboxylic acids is 1. The van der Waals surface area contributed by atoms with Crippen molar-refractivity contribution in [1.82, 2.24) is 5.32 Å². The fourth-order valence-electron chi connectivity index (χ4n) is 2.96. The van der Waals surface area contributed by atoms with Crippen molar-refractivity contribution in [3.8, 4) is 5.75 Å². The van der Waals surface area contributed by atoms with Crippen LogP contribution in [0.15, 0.2) is 18.7 Å². The van der Waals surface area contributed by atoms with Crippen LogP contribution in [-0.4, -0.2) is 61.8 Å². The number of amides is 1. The number of ether oxygens (including phenoxy) is 4. The zero-order valence-electron chi connectivity index (χ0n) is 20.1. The molecule has 0 aromatic heterocycles. The van der Waals surface area contributed by atoms with E-state index in [1.165, 1.54) is 0 Å². The number of nitrogens with one attached hydrogen (secondary N) is 1. The summed E-state index contributed by atoms with van der Waals surface area (Å²) in [6.45, 7) is 16.2. The quantitative estimate of drug-likeness (QED) is 0.342. The number of hydrogen-bond donors (Lipinski definition) is 2. The molecule has 0 aliphatic rings. The van der Waals surface area contributed by atoms with E-state index in [1.54, 1.807) is 39.8 Å². The zero-order valence-corrected chi connectivity index (χ0v) is 20.1. The van der Waals surface area contributed by atoms with Crippen LogP contribution in [-0.2, 0) is 14.2 Å². The Morgan fingerprint density at radius 1 is 1.12 bits per heavy atom. The Bertz CT molecular complexity index is 784. The second-order valence-electron chi connectivity index (χ2n) is 8.57. The van der Waals surface area contributed by atoms with Gasteiger partial charge in [-0.3, -0.25) is 0 Å². The molecule has 1 aromatic rings. The number of aryl methyl sites for hydroxylation is 1. The highest BCUT2D eigenvalue weighted by Gasteiger charge is 2.20. The van der Waals surface area contributed by atoms with Crippen molar-refractivity contribution in [1.29, 1.82) is 0 Å². The van der Waals surface area contributed by atoms with Crippen LogP contribution in [0, 0.1) is 20.8 Å². The predicted molar refractivity (Wildman–Crippen MR) is 123 cm³/mol. The van der Waals surface area contributed by atoms with Crippen LogP contribution >= 0.6 is 0 Å².